The number of benzene rings is 1. The highest BCUT2D eigenvalue weighted by atomic mass is 16.2. The van der Waals surface area contributed by atoms with Crippen molar-refractivity contribution in [3.63, 3.8) is 0 Å². The average Bonchev–Trinajstić information content (AvgIpc) is 2.92. The van der Waals surface area contributed by atoms with Gasteiger partial charge < -0.3 is 4.90 Å². The summed E-state index contributed by atoms with van der Waals surface area (Å²) in [6.45, 7) is 1.41. The molecule has 0 spiro atoms. The van der Waals surface area contributed by atoms with Crippen molar-refractivity contribution in [3.8, 4) is 0 Å². The van der Waals surface area contributed by atoms with E-state index >= 15 is 0 Å². The fourth-order valence-electron chi connectivity index (χ4n) is 4.77. The smallest absolute Gasteiger partial charge is 0.233 e. The molecule has 160 valence electrons. The van der Waals surface area contributed by atoms with Crippen molar-refractivity contribution in [1.82, 2.24) is 14.9 Å². The van der Waals surface area contributed by atoms with Crippen molar-refractivity contribution < 1.29 is 14.4 Å². The Hall–Kier alpha value is -3.29. The summed E-state index contributed by atoms with van der Waals surface area (Å²) in [5, 5.41) is 0. The van der Waals surface area contributed by atoms with E-state index in [0.717, 1.165) is 24.0 Å². The Balaban J connectivity index is 1.37. The SMILES string of the molecule is CN1CCCN(C(=O)CCN2C(=O)[C@H]3CC=CC[C@H]3C2=O)c2nc3ccccc3nc21. The molecule has 3 heterocycles. The van der Waals surface area contributed by atoms with Gasteiger partial charge in [0.15, 0.2) is 11.6 Å². The zero-order valence-electron chi connectivity index (χ0n) is 17.5. The molecule has 0 N–H and O–H groups in total. The molecule has 2 atom stereocenters. The molecule has 31 heavy (non-hydrogen) atoms. The fourth-order valence-corrected chi connectivity index (χ4v) is 4.77. The lowest BCUT2D eigenvalue weighted by Crippen LogP contribution is -2.38. The number of carbonyl (C=O) groups is 3. The number of para-hydroxylation sites is 2. The Morgan fingerprint density at radius 2 is 1.58 bits per heavy atom. The normalized spacial score (nSPS) is 23.2. The summed E-state index contributed by atoms with van der Waals surface area (Å²) in [5.74, 6) is 0.253. The molecular weight excluding hydrogens is 394 g/mol. The number of imide groups is 1. The molecule has 8 nitrogen and oxygen atoms in total. The molecule has 0 unspecified atom stereocenters. The van der Waals surface area contributed by atoms with E-state index in [0.29, 0.717) is 31.0 Å². The lowest BCUT2D eigenvalue weighted by molar-refractivity contribution is -0.140. The molecule has 0 saturated carbocycles. The van der Waals surface area contributed by atoms with Gasteiger partial charge >= 0.3 is 0 Å². The van der Waals surface area contributed by atoms with Gasteiger partial charge in [-0.2, -0.15) is 0 Å². The third kappa shape index (κ3) is 3.36. The van der Waals surface area contributed by atoms with Crippen molar-refractivity contribution in [1.29, 1.82) is 0 Å². The van der Waals surface area contributed by atoms with Crippen LogP contribution in [-0.2, 0) is 14.4 Å². The molecular formula is C23H25N5O3. The molecule has 3 aliphatic rings. The van der Waals surface area contributed by atoms with E-state index in [9.17, 15) is 14.4 Å². The first-order chi connectivity index (χ1) is 15.0. The Labute approximate surface area is 180 Å². The minimum absolute atomic E-state index is 0.0853. The molecule has 8 heteroatoms. The molecule has 1 saturated heterocycles. The highest BCUT2D eigenvalue weighted by molar-refractivity contribution is 6.06. The van der Waals surface area contributed by atoms with Gasteiger partial charge in [0.2, 0.25) is 17.7 Å². The maximum absolute atomic E-state index is 13.2. The van der Waals surface area contributed by atoms with Crippen LogP contribution in [0.5, 0.6) is 0 Å². The van der Waals surface area contributed by atoms with Crippen LogP contribution in [0.3, 0.4) is 0 Å². The van der Waals surface area contributed by atoms with Crippen LogP contribution < -0.4 is 9.80 Å². The number of allylic oxidation sites excluding steroid dienone is 2. The third-order valence-electron chi connectivity index (χ3n) is 6.48. The largest absolute Gasteiger partial charge is 0.357 e. The van der Waals surface area contributed by atoms with E-state index in [2.05, 4.69) is 0 Å². The number of hydrogen-bond acceptors (Lipinski definition) is 6. The predicted molar refractivity (Wildman–Crippen MR) is 116 cm³/mol. The van der Waals surface area contributed by atoms with Crippen molar-refractivity contribution in [3.05, 3.63) is 36.4 Å². The van der Waals surface area contributed by atoms with Gasteiger partial charge in [-0.15, -0.1) is 0 Å². The van der Waals surface area contributed by atoms with Crippen LogP contribution >= 0.6 is 0 Å². The second-order valence-electron chi connectivity index (χ2n) is 8.41. The Morgan fingerprint density at radius 1 is 0.968 bits per heavy atom. The number of nitrogens with zero attached hydrogens (tertiary/aromatic N) is 5. The molecule has 1 aromatic heterocycles. The average molecular weight is 419 g/mol. The highest BCUT2D eigenvalue weighted by Gasteiger charge is 2.47. The minimum atomic E-state index is -0.266. The van der Waals surface area contributed by atoms with E-state index in [4.69, 9.17) is 9.97 Å². The first kappa shape index (κ1) is 19.7. The summed E-state index contributed by atoms with van der Waals surface area (Å²) >= 11 is 0. The second-order valence-corrected chi connectivity index (χ2v) is 8.41. The molecule has 0 bridgehead atoms. The van der Waals surface area contributed by atoms with E-state index in [-0.39, 0.29) is 42.5 Å². The number of anilines is 2. The molecule has 0 radical (unpaired) electrons. The summed E-state index contributed by atoms with van der Waals surface area (Å²) in [4.78, 5) is 53.1. The van der Waals surface area contributed by atoms with Crippen molar-refractivity contribution >= 4 is 40.4 Å². The standard InChI is InChI=1S/C23H25N5O3/c1-26-12-6-13-27(21-20(26)24-17-9-4-5-10-18(17)25-21)19(29)11-14-28-22(30)15-7-2-3-8-16(15)23(28)31/h2-5,9-10,15-16H,6-8,11-14H2,1H3/t15-,16+. The van der Waals surface area contributed by atoms with Crippen LogP contribution in [0.1, 0.15) is 25.7 Å². The maximum Gasteiger partial charge on any atom is 0.233 e. The molecule has 1 aromatic carbocycles. The molecule has 1 aliphatic carbocycles. The zero-order valence-corrected chi connectivity index (χ0v) is 17.5. The second kappa shape index (κ2) is 7.76. The van der Waals surface area contributed by atoms with Crippen LogP contribution in [-0.4, -0.2) is 59.3 Å². The van der Waals surface area contributed by atoms with Crippen LogP contribution in [0.15, 0.2) is 36.4 Å². The lowest BCUT2D eigenvalue weighted by atomic mass is 9.85. The molecule has 2 aromatic rings. The van der Waals surface area contributed by atoms with E-state index in [1.54, 1.807) is 4.90 Å². The first-order valence-corrected chi connectivity index (χ1v) is 10.8. The van der Waals surface area contributed by atoms with Gasteiger partial charge in [-0.3, -0.25) is 24.2 Å². The van der Waals surface area contributed by atoms with Crippen LogP contribution in [0.4, 0.5) is 11.6 Å². The molecule has 3 amide bonds. The molecule has 5 rings (SSSR count). The quantitative estimate of drug-likeness (QED) is 0.560. The fraction of sp³-hybridized carbons (Fsp3) is 0.435. The number of amides is 3. The van der Waals surface area contributed by atoms with Gasteiger partial charge in [0.25, 0.3) is 0 Å². The number of carbonyl (C=O) groups excluding carboxylic acids is 3. The van der Waals surface area contributed by atoms with Crippen LogP contribution in [0.25, 0.3) is 11.0 Å². The highest BCUT2D eigenvalue weighted by Crippen LogP contribution is 2.35. The molecule has 1 fully saturated rings. The minimum Gasteiger partial charge on any atom is -0.357 e. The van der Waals surface area contributed by atoms with Crippen molar-refractivity contribution in [2.45, 2.75) is 25.7 Å². The van der Waals surface area contributed by atoms with Crippen molar-refractivity contribution in [2.75, 3.05) is 36.5 Å². The van der Waals surface area contributed by atoms with Crippen LogP contribution in [0, 0.1) is 11.8 Å². The Morgan fingerprint density at radius 3 is 2.23 bits per heavy atom. The number of aromatic nitrogens is 2. The predicted octanol–water partition coefficient (Wildman–Crippen LogP) is 2.14. The van der Waals surface area contributed by atoms with Crippen LogP contribution in [0.2, 0.25) is 0 Å². The van der Waals surface area contributed by atoms with Gasteiger partial charge in [0.05, 0.1) is 22.9 Å². The first-order valence-electron chi connectivity index (χ1n) is 10.8. The monoisotopic (exact) mass is 419 g/mol. The summed E-state index contributed by atoms with van der Waals surface area (Å²) in [6.07, 6.45) is 6.02. The lowest BCUT2D eigenvalue weighted by Gasteiger charge is -2.23. The summed E-state index contributed by atoms with van der Waals surface area (Å²) in [6, 6.07) is 7.61. The maximum atomic E-state index is 13.2. The Bertz CT molecular complexity index is 1070. The summed E-state index contributed by atoms with van der Waals surface area (Å²) < 4.78 is 0. The van der Waals surface area contributed by atoms with Gasteiger partial charge in [-0.05, 0) is 31.4 Å². The summed E-state index contributed by atoms with van der Waals surface area (Å²) in [7, 11) is 1.95. The number of fused-ring (bicyclic) bond motifs is 3. The van der Waals surface area contributed by atoms with E-state index < -0.39 is 0 Å². The number of likely N-dealkylation sites (tertiary alicyclic amines) is 1. The van der Waals surface area contributed by atoms with Gasteiger partial charge in [0.1, 0.15) is 0 Å². The number of hydrogen-bond donors (Lipinski definition) is 0. The van der Waals surface area contributed by atoms with E-state index in [1.165, 1.54) is 4.90 Å². The third-order valence-corrected chi connectivity index (χ3v) is 6.48. The Kier molecular flexibility index (Phi) is 4.92. The van der Waals surface area contributed by atoms with E-state index in [1.807, 2.05) is 48.4 Å². The zero-order chi connectivity index (χ0) is 21.5. The van der Waals surface area contributed by atoms with Gasteiger partial charge in [-0.25, -0.2) is 9.97 Å². The van der Waals surface area contributed by atoms with Gasteiger partial charge in [0, 0.05) is 33.1 Å². The number of rotatable bonds is 3. The molecule has 2 aliphatic heterocycles. The topological polar surface area (TPSA) is 86.7 Å². The van der Waals surface area contributed by atoms with Crippen molar-refractivity contribution in [2.24, 2.45) is 11.8 Å². The summed E-state index contributed by atoms with van der Waals surface area (Å²) in [5.41, 5.74) is 1.52. The van der Waals surface area contributed by atoms with Gasteiger partial charge in [-0.1, -0.05) is 24.3 Å².